The van der Waals surface area contributed by atoms with Crippen molar-refractivity contribution in [1.29, 1.82) is 0 Å². The lowest BCUT2D eigenvalue weighted by Crippen LogP contribution is -2.55. The van der Waals surface area contributed by atoms with Crippen LogP contribution in [0.1, 0.15) is 63.2 Å². The molecule has 9 nitrogen and oxygen atoms in total. The molecule has 1 aliphatic heterocycles. The van der Waals surface area contributed by atoms with Gasteiger partial charge in [0.2, 0.25) is 0 Å². The molecule has 1 fully saturated rings. The van der Waals surface area contributed by atoms with Gasteiger partial charge in [-0.1, -0.05) is 58.2 Å². The summed E-state index contributed by atoms with van der Waals surface area (Å²) in [6.45, 7) is 5.74. The molecule has 0 radical (unpaired) electrons. The first kappa shape index (κ1) is 28.8. The minimum atomic E-state index is -0.882. The Balaban J connectivity index is 1.64. The fourth-order valence-electron chi connectivity index (χ4n) is 5.12. The number of amides is 4. The third-order valence-corrected chi connectivity index (χ3v) is 7.84. The predicted molar refractivity (Wildman–Crippen MR) is 161 cm³/mol. The largest absolute Gasteiger partial charge is 0.364 e. The molecule has 39 heavy (non-hydrogen) atoms. The Morgan fingerprint density at radius 3 is 2.33 bits per heavy atom. The number of ketones is 1. The van der Waals surface area contributed by atoms with E-state index in [1.807, 2.05) is 45.0 Å². The quantitative estimate of drug-likeness (QED) is 0.301. The summed E-state index contributed by atoms with van der Waals surface area (Å²) >= 11 is 1.76. The number of Topliss-reactive ketones (excluding diaryl/α,β-unsaturated/α-hetero) is 1. The Morgan fingerprint density at radius 1 is 0.974 bits per heavy atom. The lowest BCUT2D eigenvalue weighted by atomic mass is 9.90. The molecule has 0 aromatic heterocycles. The Hall–Kier alpha value is -3.15. The van der Waals surface area contributed by atoms with Crippen molar-refractivity contribution in [3.05, 3.63) is 54.1 Å². The van der Waals surface area contributed by atoms with Gasteiger partial charge in [0.15, 0.2) is 5.78 Å². The van der Waals surface area contributed by atoms with Crippen LogP contribution in [0.15, 0.2) is 48.5 Å². The first-order valence-electron chi connectivity index (χ1n) is 13.4. The lowest BCUT2D eigenvalue weighted by Gasteiger charge is -2.37. The van der Waals surface area contributed by atoms with Crippen molar-refractivity contribution >= 4 is 63.6 Å². The molecule has 4 rings (SSSR count). The summed E-state index contributed by atoms with van der Waals surface area (Å²) in [6, 6.07) is 13.1. The van der Waals surface area contributed by atoms with Crippen molar-refractivity contribution in [1.82, 2.24) is 8.85 Å². The molecule has 1 aliphatic carbocycles. The van der Waals surface area contributed by atoms with E-state index in [1.54, 1.807) is 47.1 Å². The highest BCUT2D eigenvalue weighted by molar-refractivity contribution is 14.1. The Labute approximate surface area is 243 Å². The molecule has 208 valence electrons. The second-order valence-electron chi connectivity index (χ2n) is 11.2. The number of carbonyl (C=O) groups is 4. The van der Waals surface area contributed by atoms with Crippen molar-refractivity contribution in [2.24, 2.45) is 5.41 Å². The third kappa shape index (κ3) is 6.90. The number of para-hydroxylation sites is 2. The number of halogens is 1. The molecule has 10 heteroatoms. The molecular formula is C29H36IN5O4. The maximum atomic E-state index is 14.0. The highest BCUT2D eigenvalue weighted by Gasteiger charge is 2.39. The molecular weight excluding hydrogens is 609 g/mol. The molecule has 4 amide bonds. The summed E-state index contributed by atoms with van der Waals surface area (Å²) in [5, 5.41) is 5.63. The van der Waals surface area contributed by atoms with E-state index in [-0.39, 0.29) is 30.2 Å². The summed E-state index contributed by atoms with van der Waals surface area (Å²) in [5.41, 5.74) is 1.80. The lowest BCUT2D eigenvalue weighted by molar-refractivity contribution is -0.127. The number of benzene rings is 2. The van der Waals surface area contributed by atoms with Gasteiger partial charge in [0.25, 0.3) is 11.8 Å². The Morgan fingerprint density at radius 2 is 1.67 bits per heavy atom. The van der Waals surface area contributed by atoms with Gasteiger partial charge in [-0.05, 0) is 43.2 Å². The number of fused-ring (bicyclic) bond motifs is 1. The maximum Gasteiger partial charge on any atom is 0.319 e. The average Bonchev–Trinajstić information content (AvgIpc) is 3.03. The number of anilines is 3. The fourth-order valence-corrected chi connectivity index (χ4v) is 5.43. The van der Waals surface area contributed by atoms with Crippen LogP contribution in [0, 0.1) is 5.41 Å². The standard InChI is InChI=1S/C29H36IN5O4/c1-29(2,3)25(36)18-35-24-15-8-7-14-23(24)34(21-12-5-4-6-13-21)17-22(27(35)38)32-28(39)31-20-11-9-10-19(16-20)26(37)33-30/h7-11,14-16,21-22H,4-6,12-13,17-18H2,1-3H3,(H,33,37)(H2,31,32,39)/t22-/m1/s1. The first-order chi connectivity index (χ1) is 18.6. The van der Waals surface area contributed by atoms with Gasteiger partial charge in [-0.25, -0.2) is 4.79 Å². The SMILES string of the molecule is CC(C)(C)C(=O)CN1C(=O)[C@H](NC(=O)Nc2cccc(C(=O)NI)c2)CN(C2CCCCC2)c2ccccc21. The van der Waals surface area contributed by atoms with Crippen LogP contribution in [-0.4, -0.2) is 48.8 Å². The van der Waals surface area contributed by atoms with Gasteiger partial charge in [0.05, 0.1) is 40.8 Å². The summed E-state index contributed by atoms with van der Waals surface area (Å²) in [6.07, 6.45) is 5.43. The normalized spacial score (nSPS) is 18.2. The molecule has 1 saturated carbocycles. The minimum absolute atomic E-state index is 0.0645. The zero-order chi connectivity index (χ0) is 28.2. The van der Waals surface area contributed by atoms with Crippen LogP contribution in [-0.2, 0) is 9.59 Å². The molecule has 3 N–H and O–H groups in total. The van der Waals surface area contributed by atoms with E-state index in [0.29, 0.717) is 23.5 Å². The summed E-state index contributed by atoms with van der Waals surface area (Å²) in [7, 11) is 0. The van der Waals surface area contributed by atoms with Gasteiger partial charge in [0, 0.05) is 29.3 Å². The number of rotatable bonds is 6. The molecule has 2 aromatic carbocycles. The van der Waals surface area contributed by atoms with E-state index in [1.165, 1.54) is 11.3 Å². The van der Waals surface area contributed by atoms with E-state index >= 15 is 0 Å². The van der Waals surface area contributed by atoms with Crippen molar-refractivity contribution < 1.29 is 19.2 Å². The molecule has 0 saturated heterocycles. The number of nitrogens with zero attached hydrogens (tertiary/aromatic N) is 2. The first-order valence-corrected chi connectivity index (χ1v) is 14.5. The zero-order valence-corrected chi connectivity index (χ0v) is 24.8. The van der Waals surface area contributed by atoms with Crippen LogP contribution in [0.3, 0.4) is 0 Å². The minimum Gasteiger partial charge on any atom is -0.364 e. The van der Waals surface area contributed by atoms with Gasteiger partial charge < -0.3 is 20.4 Å². The van der Waals surface area contributed by atoms with Gasteiger partial charge >= 0.3 is 6.03 Å². The zero-order valence-electron chi connectivity index (χ0n) is 22.6. The second-order valence-corrected chi connectivity index (χ2v) is 11.7. The van der Waals surface area contributed by atoms with Gasteiger partial charge in [-0.2, -0.15) is 0 Å². The maximum absolute atomic E-state index is 14.0. The molecule has 0 unspecified atom stereocenters. The topological polar surface area (TPSA) is 111 Å². The van der Waals surface area contributed by atoms with E-state index in [0.717, 1.165) is 31.4 Å². The van der Waals surface area contributed by atoms with Crippen molar-refractivity contribution in [3.63, 3.8) is 0 Å². The van der Waals surface area contributed by atoms with Crippen LogP contribution in [0.5, 0.6) is 0 Å². The Kier molecular flexibility index (Phi) is 9.14. The van der Waals surface area contributed by atoms with Gasteiger partial charge in [-0.3, -0.25) is 17.9 Å². The number of nitrogens with one attached hydrogen (secondary N) is 3. The fraction of sp³-hybridized carbons (Fsp3) is 0.448. The third-order valence-electron chi connectivity index (χ3n) is 7.35. The predicted octanol–water partition coefficient (Wildman–Crippen LogP) is 5.06. The van der Waals surface area contributed by atoms with Gasteiger partial charge in [0.1, 0.15) is 6.04 Å². The highest BCUT2D eigenvalue weighted by Crippen LogP contribution is 2.37. The number of urea groups is 1. The second kappa shape index (κ2) is 12.4. The number of hydrogen-bond donors (Lipinski definition) is 3. The molecule has 2 aliphatic rings. The van der Waals surface area contributed by atoms with Crippen molar-refractivity contribution in [2.45, 2.75) is 65.0 Å². The molecule has 0 bridgehead atoms. The molecule has 1 heterocycles. The van der Waals surface area contributed by atoms with E-state index in [2.05, 4.69) is 19.1 Å². The van der Waals surface area contributed by atoms with Gasteiger partial charge in [-0.15, -0.1) is 0 Å². The number of hydrogen-bond acceptors (Lipinski definition) is 5. The smallest absolute Gasteiger partial charge is 0.319 e. The van der Waals surface area contributed by atoms with Crippen molar-refractivity contribution in [2.75, 3.05) is 28.2 Å². The summed E-state index contributed by atoms with van der Waals surface area (Å²) < 4.78 is 2.54. The van der Waals surface area contributed by atoms with Crippen LogP contribution in [0.4, 0.5) is 21.9 Å². The summed E-state index contributed by atoms with van der Waals surface area (Å²) in [5.74, 6) is -0.671. The van der Waals surface area contributed by atoms with Crippen LogP contribution in [0.25, 0.3) is 0 Å². The van der Waals surface area contributed by atoms with Crippen LogP contribution in [0.2, 0.25) is 0 Å². The summed E-state index contributed by atoms with van der Waals surface area (Å²) in [4.78, 5) is 56.1. The van der Waals surface area contributed by atoms with Crippen molar-refractivity contribution in [3.8, 4) is 0 Å². The molecule has 1 atom stereocenters. The van der Waals surface area contributed by atoms with E-state index in [4.69, 9.17) is 0 Å². The van der Waals surface area contributed by atoms with Crippen LogP contribution < -0.4 is 24.0 Å². The monoisotopic (exact) mass is 645 g/mol. The van der Waals surface area contributed by atoms with Crippen LogP contribution >= 0.6 is 22.9 Å². The Bertz CT molecular complexity index is 1240. The average molecular weight is 646 g/mol. The number of carbonyl (C=O) groups excluding carboxylic acids is 4. The van der Waals surface area contributed by atoms with E-state index in [9.17, 15) is 19.2 Å². The molecule has 2 aromatic rings. The highest BCUT2D eigenvalue weighted by atomic mass is 127. The molecule has 0 spiro atoms. The van der Waals surface area contributed by atoms with E-state index < -0.39 is 17.5 Å².